The number of allylic oxidation sites excluding steroid dienone is 1. The fraction of sp³-hybridized carbons (Fsp3) is 0.286. The fourth-order valence-corrected chi connectivity index (χ4v) is 1.10. The Balaban J connectivity index is 2.53. The zero-order chi connectivity index (χ0) is 6.97. The number of hydrogen-bond donors (Lipinski definition) is 1. The number of anilines is 1. The Morgan fingerprint density at radius 3 is 3.30 bits per heavy atom. The number of fused-ring (bicyclic) bond motifs is 1. The molecule has 1 aliphatic carbocycles. The molecule has 10 heavy (non-hydrogen) atoms. The van der Waals surface area contributed by atoms with E-state index >= 15 is 0 Å². The van der Waals surface area contributed by atoms with Crippen molar-refractivity contribution in [2.24, 2.45) is 0 Å². The molecule has 1 heterocycles. The smallest absolute Gasteiger partial charge is 0.292 e. The van der Waals surface area contributed by atoms with Crippen LogP contribution in [-0.4, -0.2) is 4.98 Å². The van der Waals surface area contributed by atoms with Gasteiger partial charge in [-0.1, -0.05) is 6.08 Å². The summed E-state index contributed by atoms with van der Waals surface area (Å²) in [6, 6.07) is 0.275. The zero-order valence-electron chi connectivity index (χ0n) is 5.50. The van der Waals surface area contributed by atoms with Crippen molar-refractivity contribution in [2.75, 3.05) is 5.73 Å². The van der Waals surface area contributed by atoms with Crippen LogP contribution in [0, 0.1) is 0 Å². The van der Waals surface area contributed by atoms with E-state index in [4.69, 9.17) is 10.2 Å². The van der Waals surface area contributed by atoms with Gasteiger partial charge in [0.25, 0.3) is 6.01 Å². The topological polar surface area (TPSA) is 52.0 Å². The maximum atomic E-state index is 5.35. The fourth-order valence-electron chi connectivity index (χ4n) is 1.10. The third kappa shape index (κ3) is 0.708. The highest BCUT2D eigenvalue weighted by Gasteiger charge is 2.10. The highest BCUT2D eigenvalue weighted by atomic mass is 16.4. The van der Waals surface area contributed by atoms with E-state index < -0.39 is 0 Å². The van der Waals surface area contributed by atoms with Gasteiger partial charge in [0.05, 0.1) is 5.69 Å². The number of hydrogen-bond acceptors (Lipinski definition) is 3. The third-order valence-corrected chi connectivity index (χ3v) is 1.56. The second-order valence-electron chi connectivity index (χ2n) is 2.30. The molecule has 0 saturated carbocycles. The second-order valence-corrected chi connectivity index (χ2v) is 2.30. The Labute approximate surface area is 58.5 Å². The molecule has 3 heteroatoms. The molecule has 1 aromatic heterocycles. The molecule has 0 aliphatic heterocycles. The quantitative estimate of drug-likeness (QED) is 0.583. The van der Waals surface area contributed by atoms with Crippen molar-refractivity contribution in [3.63, 3.8) is 0 Å². The molecule has 0 aromatic carbocycles. The van der Waals surface area contributed by atoms with E-state index in [1.54, 1.807) is 0 Å². The first-order valence-electron chi connectivity index (χ1n) is 3.28. The van der Waals surface area contributed by atoms with Gasteiger partial charge in [-0.3, -0.25) is 0 Å². The first-order chi connectivity index (χ1) is 4.86. The lowest BCUT2D eigenvalue weighted by molar-refractivity contribution is 0.566. The first kappa shape index (κ1) is 5.53. The molecule has 52 valence electrons. The molecule has 0 unspecified atom stereocenters. The van der Waals surface area contributed by atoms with Gasteiger partial charge < -0.3 is 10.2 Å². The van der Waals surface area contributed by atoms with Gasteiger partial charge in [-0.05, 0) is 18.9 Å². The Kier molecular flexibility index (Phi) is 1.03. The van der Waals surface area contributed by atoms with E-state index in [0.717, 1.165) is 24.3 Å². The summed E-state index contributed by atoms with van der Waals surface area (Å²) < 4.78 is 5.09. The minimum atomic E-state index is 0.275. The standard InChI is InChI=1S/C7H8N2O/c8-7-9-5-3-1-2-4-6(5)10-7/h2,4H,1,3H2,(H2,8,9). The lowest BCUT2D eigenvalue weighted by Gasteiger charge is -1.97. The molecule has 1 aromatic rings. The van der Waals surface area contributed by atoms with Crippen LogP contribution in [0.3, 0.4) is 0 Å². The molecular formula is C7H8N2O. The summed E-state index contributed by atoms with van der Waals surface area (Å²) in [5.74, 6) is 0.823. The van der Waals surface area contributed by atoms with Crippen LogP contribution < -0.4 is 5.73 Å². The molecule has 2 N–H and O–H groups in total. The molecule has 3 nitrogen and oxygen atoms in total. The molecule has 0 radical (unpaired) electrons. The van der Waals surface area contributed by atoms with Gasteiger partial charge in [0.1, 0.15) is 0 Å². The van der Waals surface area contributed by atoms with Gasteiger partial charge in [0, 0.05) is 0 Å². The maximum absolute atomic E-state index is 5.35. The highest BCUT2D eigenvalue weighted by molar-refractivity contribution is 5.49. The van der Waals surface area contributed by atoms with Gasteiger partial charge in [-0.2, -0.15) is 4.98 Å². The van der Waals surface area contributed by atoms with Crippen molar-refractivity contribution in [3.05, 3.63) is 17.5 Å². The van der Waals surface area contributed by atoms with E-state index in [1.165, 1.54) is 0 Å². The average Bonchev–Trinajstić information content (AvgIpc) is 2.27. The lowest BCUT2D eigenvalue weighted by Crippen LogP contribution is -1.91. The third-order valence-electron chi connectivity index (χ3n) is 1.56. The summed E-state index contributed by atoms with van der Waals surface area (Å²) in [6.45, 7) is 0. The molecule has 2 rings (SSSR count). The second kappa shape index (κ2) is 1.87. The van der Waals surface area contributed by atoms with Crippen LogP contribution in [0.15, 0.2) is 10.5 Å². The van der Waals surface area contributed by atoms with Gasteiger partial charge in [0.15, 0.2) is 5.76 Å². The number of oxazole rings is 1. The van der Waals surface area contributed by atoms with E-state index in [1.807, 2.05) is 6.08 Å². The van der Waals surface area contributed by atoms with E-state index in [-0.39, 0.29) is 6.01 Å². The summed E-state index contributed by atoms with van der Waals surface area (Å²) >= 11 is 0. The number of rotatable bonds is 0. The van der Waals surface area contributed by atoms with Gasteiger partial charge in [0.2, 0.25) is 0 Å². The van der Waals surface area contributed by atoms with Gasteiger partial charge in [-0.15, -0.1) is 0 Å². The normalized spacial score (nSPS) is 15.2. The zero-order valence-corrected chi connectivity index (χ0v) is 5.50. The molecule has 1 aliphatic rings. The van der Waals surface area contributed by atoms with Crippen molar-refractivity contribution >= 4 is 12.1 Å². The summed E-state index contributed by atoms with van der Waals surface area (Å²) in [6.07, 6.45) is 5.97. The lowest BCUT2D eigenvalue weighted by atomic mass is 10.1. The molecule has 0 atom stereocenters. The van der Waals surface area contributed by atoms with E-state index in [0.29, 0.717) is 0 Å². The number of nitrogen functional groups attached to an aromatic ring is 1. The van der Waals surface area contributed by atoms with Gasteiger partial charge >= 0.3 is 0 Å². The summed E-state index contributed by atoms with van der Waals surface area (Å²) in [4.78, 5) is 4.01. The monoisotopic (exact) mass is 136 g/mol. The summed E-state index contributed by atoms with van der Waals surface area (Å²) in [5, 5.41) is 0. The number of nitrogens with two attached hydrogens (primary N) is 1. The van der Waals surface area contributed by atoms with Crippen molar-refractivity contribution in [3.8, 4) is 0 Å². The summed E-state index contributed by atoms with van der Waals surface area (Å²) in [7, 11) is 0. The van der Waals surface area contributed by atoms with Crippen LogP contribution in [-0.2, 0) is 6.42 Å². The van der Waals surface area contributed by atoms with Crippen molar-refractivity contribution in [1.82, 2.24) is 4.98 Å². The minimum absolute atomic E-state index is 0.275. The van der Waals surface area contributed by atoms with Crippen LogP contribution in [0.5, 0.6) is 0 Å². The Morgan fingerprint density at radius 2 is 2.50 bits per heavy atom. The van der Waals surface area contributed by atoms with Crippen LogP contribution in [0.2, 0.25) is 0 Å². The predicted octanol–water partition coefficient (Wildman–Crippen LogP) is 1.22. The van der Waals surface area contributed by atoms with E-state index in [9.17, 15) is 0 Å². The van der Waals surface area contributed by atoms with Crippen LogP contribution >= 0.6 is 0 Å². The van der Waals surface area contributed by atoms with Crippen molar-refractivity contribution in [1.29, 1.82) is 0 Å². The Morgan fingerprint density at radius 1 is 1.60 bits per heavy atom. The van der Waals surface area contributed by atoms with Gasteiger partial charge in [-0.25, -0.2) is 0 Å². The molecule has 0 saturated heterocycles. The molecule has 0 spiro atoms. The maximum Gasteiger partial charge on any atom is 0.292 e. The Bertz CT molecular complexity index is 275. The van der Waals surface area contributed by atoms with Crippen LogP contribution in [0.1, 0.15) is 17.9 Å². The van der Waals surface area contributed by atoms with Crippen molar-refractivity contribution < 1.29 is 4.42 Å². The van der Waals surface area contributed by atoms with E-state index in [2.05, 4.69) is 11.1 Å². The number of aryl methyl sites for hydroxylation is 1. The Hall–Kier alpha value is -1.25. The average molecular weight is 136 g/mol. The molecule has 0 fully saturated rings. The van der Waals surface area contributed by atoms with Crippen LogP contribution in [0.4, 0.5) is 6.01 Å². The van der Waals surface area contributed by atoms with Crippen molar-refractivity contribution in [2.45, 2.75) is 12.8 Å². The summed E-state index contributed by atoms with van der Waals surface area (Å²) in [5.41, 5.74) is 6.33. The predicted molar refractivity (Wildman–Crippen MR) is 38.3 cm³/mol. The minimum Gasteiger partial charge on any atom is -0.424 e. The molecule has 0 bridgehead atoms. The molecule has 0 amide bonds. The number of nitrogens with zero attached hydrogens (tertiary/aromatic N) is 1. The highest BCUT2D eigenvalue weighted by Crippen LogP contribution is 2.20. The number of aromatic nitrogens is 1. The SMILES string of the molecule is Nc1nc2c(o1)C=CCC2. The first-order valence-corrected chi connectivity index (χ1v) is 3.28. The molecular weight excluding hydrogens is 128 g/mol. The van der Waals surface area contributed by atoms with Crippen LogP contribution in [0.25, 0.3) is 6.08 Å². The largest absolute Gasteiger partial charge is 0.424 e.